The molecule has 0 aliphatic carbocycles. The zero-order valence-electron chi connectivity index (χ0n) is 15.2. The SMILES string of the molecule is CCC(=NN=C1NC(=O)[C@@H](CC(=O)Nc2ccc(Cl)cc2)S1)c1ccccc1. The Morgan fingerprint density at radius 1 is 1.18 bits per heavy atom. The average Bonchev–Trinajstić information content (AvgIpc) is 3.04. The summed E-state index contributed by atoms with van der Waals surface area (Å²) < 4.78 is 0. The van der Waals surface area contributed by atoms with E-state index in [2.05, 4.69) is 20.8 Å². The van der Waals surface area contributed by atoms with Gasteiger partial charge in [0.05, 0.1) is 5.71 Å². The van der Waals surface area contributed by atoms with Crippen LogP contribution in [0.2, 0.25) is 5.02 Å². The molecule has 2 aromatic carbocycles. The molecule has 1 aliphatic heterocycles. The Bertz CT molecular complexity index is 914. The predicted octanol–water partition coefficient (Wildman–Crippen LogP) is 4.07. The van der Waals surface area contributed by atoms with Gasteiger partial charge in [-0.15, -0.1) is 5.10 Å². The van der Waals surface area contributed by atoms with Crippen LogP contribution in [0.1, 0.15) is 25.3 Å². The Morgan fingerprint density at radius 3 is 2.57 bits per heavy atom. The second-order valence-electron chi connectivity index (χ2n) is 6.03. The lowest BCUT2D eigenvalue weighted by atomic mass is 10.1. The van der Waals surface area contributed by atoms with Gasteiger partial charge < -0.3 is 10.6 Å². The van der Waals surface area contributed by atoms with Gasteiger partial charge in [-0.25, -0.2) is 0 Å². The summed E-state index contributed by atoms with van der Waals surface area (Å²) in [6.45, 7) is 2.00. The van der Waals surface area contributed by atoms with Crippen LogP contribution >= 0.6 is 23.4 Å². The van der Waals surface area contributed by atoms with Crippen LogP contribution in [-0.2, 0) is 9.59 Å². The van der Waals surface area contributed by atoms with Crippen molar-refractivity contribution < 1.29 is 9.59 Å². The van der Waals surface area contributed by atoms with Crippen LogP contribution in [0.15, 0.2) is 64.8 Å². The summed E-state index contributed by atoms with van der Waals surface area (Å²) in [4.78, 5) is 24.3. The first-order valence-electron chi connectivity index (χ1n) is 8.78. The highest BCUT2D eigenvalue weighted by atomic mass is 35.5. The summed E-state index contributed by atoms with van der Waals surface area (Å²) in [6, 6.07) is 16.5. The van der Waals surface area contributed by atoms with Gasteiger partial charge in [-0.1, -0.05) is 60.6 Å². The van der Waals surface area contributed by atoms with E-state index >= 15 is 0 Å². The maximum Gasteiger partial charge on any atom is 0.240 e. The molecule has 1 fully saturated rings. The number of halogens is 1. The fraction of sp³-hybridized carbons (Fsp3) is 0.200. The molecule has 0 aromatic heterocycles. The van der Waals surface area contributed by atoms with Gasteiger partial charge in [0.2, 0.25) is 11.8 Å². The lowest BCUT2D eigenvalue weighted by Gasteiger charge is -2.07. The molecular formula is C20H19ClN4O2S. The monoisotopic (exact) mass is 414 g/mol. The summed E-state index contributed by atoms with van der Waals surface area (Å²) in [6.07, 6.45) is 0.757. The van der Waals surface area contributed by atoms with Crippen LogP contribution < -0.4 is 10.6 Å². The summed E-state index contributed by atoms with van der Waals surface area (Å²) in [5.74, 6) is -0.499. The van der Waals surface area contributed by atoms with E-state index < -0.39 is 5.25 Å². The lowest BCUT2D eigenvalue weighted by molar-refractivity contribution is -0.122. The maximum atomic E-state index is 12.2. The number of nitrogens with one attached hydrogen (secondary N) is 2. The highest BCUT2D eigenvalue weighted by molar-refractivity contribution is 8.15. The van der Waals surface area contributed by atoms with Crippen LogP contribution in [0, 0.1) is 0 Å². The third kappa shape index (κ3) is 5.43. The van der Waals surface area contributed by atoms with Crippen LogP contribution in [0.25, 0.3) is 0 Å². The summed E-state index contributed by atoms with van der Waals surface area (Å²) >= 11 is 7.04. The molecule has 0 bridgehead atoms. The second kappa shape index (κ2) is 9.52. The minimum atomic E-state index is -0.539. The van der Waals surface area contributed by atoms with E-state index in [1.54, 1.807) is 24.3 Å². The van der Waals surface area contributed by atoms with Crippen molar-refractivity contribution in [2.45, 2.75) is 25.0 Å². The first-order valence-corrected chi connectivity index (χ1v) is 10.0. The lowest BCUT2D eigenvalue weighted by Crippen LogP contribution is -2.28. The molecule has 8 heteroatoms. The van der Waals surface area contributed by atoms with E-state index in [4.69, 9.17) is 11.6 Å². The number of amides is 2. The van der Waals surface area contributed by atoms with Crippen LogP contribution in [-0.4, -0.2) is 27.9 Å². The van der Waals surface area contributed by atoms with Gasteiger partial charge in [-0.2, -0.15) is 5.10 Å². The Kier molecular flexibility index (Phi) is 6.84. The first-order chi connectivity index (χ1) is 13.5. The van der Waals surface area contributed by atoms with Gasteiger partial charge >= 0.3 is 0 Å². The van der Waals surface area contributed by atoms with Gasteiger partial charge in [0.25, 0.3) is 0 Å². The molecule has 6 nitrogen and oxygen atoms in total. The number of nitrogens with zero attached hydrogens (tertiary/aromatic N) is 2. The van der Waals surface area contributed by atoms with E-state index in [9.17, 15) is 9.59 Å². The number of thioether (sulfide) groups is 1. The number of carbonyl (C=O) groups is 2. The number of anilines is 1. The largest absolute Gasteiger partial charge is 0.326 e. The minimum Gasteiger partial charge on any atom is -0.326 e. The molecule has 2 N–H and O–H groups in total. The van der Waals surface area contributed by atoms with Crippen molar-refractivity contribution in [3.05, 3.63) is 65.2 Å². The molecule has 28 heavy (non-hydrogen) atoms. The average molecular weight is 415 g/mol. The zero-order chi connectivity index (χ0) is 19.9. The molecule has 0 radical (unpaired) electrons. The Hall–Kier alpha value is -2.64. The van der Waals surface area contributed by atoms with Crippen molar-refractivity contribution in [1.82, 2.24) is 5.32 Å². The van der Waals surface area contributed by atoms with E-state index in [0.717, 1.165) is 11.3 Å². The van der Waals surface area contributed by atoms with Crippen molar-refractivity contribution in [2.24, 2.45) is 10.2 Å². The molecule has 3 rings (SSSR count). The number of benzene rings is 2. The number of carbonyl (C=O) groups excluding carboxylic acids is 2. The summed E-state index contributed by atoms with van der Waals surface area (Å²) in [5.41, 5.74) is 2.45. The van der Waals surface area contributed by atoms with Crippen molar-refractivity contribution in [3.63, 3.8) is 0 Å². The Balaban J connectivity index is 1.61. The Labute approximate surface area is 172 Å². The number of hydrogen-bond donors (Lipinski definition) is 2. The molecule has 1 saturated heterocycles. The molecule has 1 aliphatic rings. The molecule has 1 heterocycles. The molecule has 2 amide bonds. The zero-order valence-corrected chi connectivity index (χ0v) is 16.8. The van der Waals surface area contributed by atoms with Crippen LogP contribution in [0.3, 0.4) is 0 Å². The predicted molar refractivity (Wildman–Crippen MR) is 115 cm³/mol. The highest BCUT2D eigenvalue weighted by Crippen LogP contribution is 2.23. The summed E-state index contributed by atoms with van der Waals surface area (Å²) in [7, 11) is 0. The van der Waals surface area contributed by atoms with Crippen molar-refractivity contribution in [2.75, 3.05) is 5.32 Å². The van der Waals surface area contributed by atoms with Gasteiger partial charge in [0, 0.05) is 17.1 Å². The number of amidine groups is 1. The quantitative estimate of drug-likeness (QED) is 0.552. The molecule has 1 atom stereocenters. The van der Waals surface area contributed by atoms with Crippen LogP contribution in [0.4, 0.5) is 5.69 Å². The molecule has 0 unspecified atom stereocenters. The topological polar surface area (TPSA) is 82.9 Å². The van der Waals surface area contributed by atoms with Crippen molar-refractivity contribution in [3.8, 4) is 0 Å². The fourth-order valence-electron chi connectivity index (χ4n) is 2.57. The highest BCUT2D eigenvalue weighted by Gasteiger charge is 2.32. The molecule has 0 saturated carbocycles. The minimum absolute atomic E-state index is 0.0428. The first kappa shape index (κ1) is 20.1. The Morgan fingerprint density at radius 2 is 1.89 bits per heavy atom. The van der Waals surface area contributed by atoms with Gasteiger partial charge in [0.15, 0.2) is 5.17 Å². The second-order valence-corrected chi connectivity index (χ2v) is 7.65. The van der Waals surface area contributed by atoms with Crippen molar-refractivity contribution >= 4 is 51.7 Å². The fourth-order valence-corrected chi connectivity index (χ4v) is 3.61. The third-order valence-electron chi connectivity index (χ3n) is 3.98. The molecular weight excluding hydrogens is 396 g/mol. The smallest absolute Gasteiger partial charge is 0.240 e. The van der Waals surface area contributed by atoms with Gasteiger partial charge in [-0.05, 0) is 36.2 Å². The van der Waals surface area contributed by atoms with E-state index in [0.29, 0.717) is 22.3 Å². The summed E-state index contributed by atoms with van der Waals surface area (Å²) in [5, 5.41) is 14.3. The van der Waals surface area contributed by atoms with Crippen molar-refractivity contribution in [1.29, 1.82) is 0 Å². The third-order valence-corrected chi connectivity index (χ3v) is 5.30. The van der Waals surface area contributed by atoms with Gasteiger partial charge in [-0.3, -0.25) is 9.59 Å². The molecule has 144 valence electrons. The normalized spacial score (nSPS) is 18.2. The van der Waals surface area contributed by atoms with Crippen LogP contribution in [0.5, 0.6) is 0 Å². The van der Waals surface area contributed by atoms with Gasteiger partial charge in [0.1, 0.15) is 5.25 Å². The van der Waals surface area contributed by atoms with E-state index in [1.807, 2.05) is 37.3 Å². The van der Waals surface area contributed by atoms with E-state index in [1.165, 1.54) is 11.8 Å². The van der Waals surface area contributed by atoms with E-state index in [-0.39, 0.29) is 18.2 Å². The number of hydrogen-bond acceptors (Lipinski definition) is 5. The standard InChI is InChI=1S/C20H19ClN4O2S/c1-2-16(13-6-4-3-5-7-13)24-25-20-23-19(27)17(28-20)12-18(26)22-15-10-8-14(21)9-11-15/h3-11,17H,2,12H2,1H3,(H,22,26)(H,23,25,27)/t17-/m1/s1. The molecule has 2 aromatic rings. The maximum absolute atomic E-state index is 12.2. The molecule has 0 spiro atoms. The number of rotatable bonds is 6.